The normalized spacial score (nSPS) is 10.4. The molecule has 0 saturated carbocycles. The number of halogens is 4. The van der Waals surface area contributed by atoms with E-state index in [0.717, 1.165) is 0 Å². The van der Waals surface area contributed by atoms with Crippen LogP contribution in [0.5, 0.6) is 0 Å². The van der Waals surface area contributed by atoms with Gasteiger partial charge in [-0.25, -0.2) is 0 Å². The van der Waals surface area contributed by atoms with E-state index in [4.69, 9.17) is 47.8 Å². The lowest BCUT2D eigenvalue weighted by atomic mass is 10.4. The van der Waals surface area contributed by atoms with E-state index in [-0.39, 0.29) is 0 Å². The lowest BCUT2D eigenvalue weighted by molar-refractivity contribution is 0.501. The van der Waals surface area contributed by atoms with Crippen LogP contribution < -0.4 is 0 Å². The van der Waals surface area contributed by atoms with E-state index < -0.39 is 9.33 Å². The summed E-state index contributed by atoms with van der Waals surface area (Å²) in [5, 5.41) is 1.40. The van der Waals surface area contributed by atoms with Crippen molar-refractivity contribution in [2.24, 2.45) is 0 Å². The van der Waals surface area contributed by atoms with Crippen molar-refractivity contribution in [2.75, 3.05) is 0 Å². The van der Waals surface area contributed by atoms with Gasteiger partial charge in [0.05, 0.1) is 15.1 Å². The lowest BCUT2D eigenvalue weighted by Gasteiger charge is -1.94. The molecular formula is C6H4Cl4O3S. The maximum absolute atomic E-state index is 8.95. The Morgan fingerprint density at radius 3 is 1.57 bits per heavy atom. The van der Waals surface area contributed by atoms with E-state index in [1.165, 1.54) is 0 Å². The molecule has 80 valence electrons. The molecule has 0 saturated heterocycles. The van der Waals surface area contributed by atoms with E-state index in [9.17, 15) is 0 Å². The fourth-order valence-electron chi connectivity index (χ4n) is 0.477. The maximum Gasteiger partial charge on any atom is 0.353 e. The summed E-state index contributed by atoms with van der Waals surface area (Å²) in [4.78, 5) is 0. The van der Waals surface area contributed by atoms with Gasteiger partial charge >= 0.3 is 9.33 Å². The van der Waals surface area contributed by atoms with E-state index in [1.54, 1.807) is 18.2 Å². The van der Waals surface area contributed by atoms with Crippen LogP contribution in [-0.4, -0.2) is 13.0 Å². The number of rotatable bonds is 0. The second kappa shape index (κ2) is 6.00. The summed E-state index contributed by atoms with van der Waals surface area (Å²) < 4.78 is 25.2. The molecule has 0 aliphatic heterocycles. The van der Waals surface area contributed by atoms with E-state index in [0.29, 0.717) is 15.1 Å². The molecule has 1 aromatic carbocycles. The molecule has 0 fully saturated rings. The van der Waals surface area contributed by atoms with Gasteiger partial charge < -0.3 is 0 Å². The van der Waals surface area contributed by atoms with Crippen LogP contribution in [0, 0.1) is 0 Å². The van der Waals surface area contributed by atoms with E-state index in [1.807, 2.05) is 0 Å². The van der Waals surface area contributed by atoms with Crippen LogP contribution in [0.15, 0.2) is 18.2 Å². The van der Waals surface area contributed by atoms with Gasteiger partial charge in [0.1, 0.15) is 0 Å². The third kappa shape index (κ3) is 7.67. The molecule has 8 heteroatoms. The Hall–Kier alpha value is 0.290. The van der Waals surface area contributed by atoms with Gasteiger partial charge in [0.25, 0.3) is 0 Å². The second-order valence-electron chi connectivity index (χ2n) is 1.95. The first-order chi connectivity index (χ1) is 6.22. The van der Waals surface area contributed by atoms with Crippen molar-refractivity contribution in [1.29, 1.82) is 0 Å². The SMILES string of the molecule is Clc1cccc(Cl)c1Cl.O=S(=O)(O)Cl. The molecule has 0 atom stereocenters. The minimum absolute atomic E-state index is 0.417. The first kappa shape index (κ1) is 14.3. The van der Waals surface area contributed by atoms with Crippen LogP contribution in [0.2, 0.25) is 15.1 Å². The Kier molecular flexibility index (Phi) is 6.12. The zero-order chi connectivity index (χ0) is 11.4. The predicted molar refractivity (Wildman–Crippen MR) is 58.9 cm³/mol. The third-order valence-electron chi connectivity index (χ3n) is 0.904. The van der Waals surface area contributed by atoms with Gasteiger partial charge in [0.2, 0.25) is 0 Å². The van der Waals surface area contributed by atoms with Gasteiger partial charge in [-0.3, -0.25) is 4.55 Å². The third-order valence-corrected chi connectivity index (χ3v) is 2.14. The van der Waals surface area contributed by atoms with Crippen LogP contribution in [0.3, 0.4) is 0 Å². The van der Waals surface area contributed by atoms with Crippen molar-refractivity contribution < 1.29 is 13.0 Å². The summed E-state index contributed by atoms with van der Waals surface area (Å²) in [6, 6.07) is 5.13. The fourth-order valence-corrected chi connectivity index (χ4v) is 1.00. The molecular weight excluding hydrogens is 294 g/mol. The summed E-state index contributed by atoms with van der Waals surface area (Å²) in [6.07, 6.45) is 0. The Bertz CT molecular complexity index is 375. The van der Waals surface area contributed by atoms with Crippen LogP contribution in [-0.2, 0) is 9.33 Å². The number of hydrogen-bond acceptors (Lipinski definition) is 2. The molecule has 0 heterocycles. The van der Waals surface area contributed by atoms with Crippen LogP contribution in [0.25, 0.3) is 0 Å². The molecule has 1 aromatic rings. The first-order valence-corrected chi connectivity index (χ1v) is 6.38. The molecule has 1 rings (SSSR count). The molecule has 0 amide bonds. The zero-order valence-corrected chi connectivity index (χ0v) is 10.3. The summed E-state index contributed by atoms with van der Waals surface area (Å²) in [5.74, 6) is 0. The van der Waals surface area contributed by atoms with Gasteiger partial charge in [-0.15, -0.1) is 0 Å². The van der Waals surface area contributed by atoms with Gasteiger partial charge in [-0.05, 0) is 12.1 Å². The second-order valence-corrected chi connectivity index (χ2v) is 5.13. The Morgan fingerprint density at radius 2 is 1.36 bits per heavy atom. The molecule has 0 aliphatic carbocycles. The molecule has 0 bridgehead atoms. The van der Waals surface area contributed by atoms with Crippen LogP contribution >= 0.6 is 45.5 Å². The maximum atomic E-state index is 8.95. The van der Waals surface area contributed by atoms with Crippen molar-refractivity contribution in [1.82, 2.24) is 0 Å². The van der Waals surface area contributed by atoms with Crippen molar-refractivity contribution >= 4 is 54.8 Å². The largest absolute Gasteiger partial charge is 0.353 e. The molecule has 0 unspecified atom stereocenters. The predicted octanol–water partition coefficient (Wildman–Crippen LogP) is 3.67. The summed E-state index contributed by atoms with van der Waals surface area (Å²) >= 11 is 16.8. The topological polar surface area (TPSA) is 54.4 Å². The van der Waals surface area contributed by atoms with Crippen LogP contribution in [0.1, 0.15) is 0 Å². The summed E-state index contributed by atoms with van der Waals surface area (Å²) in [7, 11) is -0.137. The van der Waals surface area contributed by atoms with Gasteiger partial charge in [-0.2, -0.15) is 8.42 Å². The monoisotopic (exact) mass is 296 g/mol. The quantitative estimate of drug-likeness (QED) is 0.451. The molecule has 0 aliphatic rings. The zero-order valence-electron chi connectivity index (χ0n) is 6.42. The highest BCUT2D eigenvalue weighted by Gasteiger charge is 1.98. The molecule has 14 heavy (non-hydrogen) atoms. The first-order valence-electron chi connectivity index (χ1n) is 2.98. The number of hydrogen-bond donors (Lipinski definition) is 1. The minimum Gasteiger partial charge on any atom is -0.273 e. The summed E-state index contributed by atoms with van der Waals surface area (Å²) in [6.45, 7) is 0. The van der Waals surface area contributed by atoms with Gasteiger partial charge in [-0.1, -0.05) is 40.9 Å². The Morgan fingerprint density at radius 1 is 1.07 bits per heavy atom. The standard InChI is InChI=1S/C6H3Cl3.ClHO3S/c7-4-2-1-3-5(8)6(4)9;1-5(2,3)4/h1-3H;(H,2,3,4). The van der Waals surface area contributed by atoms with E-state index in [2.05, 4.69) is 10.7 Å². The lowest BCUT2D eigenvalue weighted by Crippen LogP contribution is -1.77. The minimum atomic E-state index is -4.19. The average molecular weight is 298 g/mol. The van der Waals surface area contributed by atoms with Crippen molar-refractivity contribution in [2.45, 2.75) is 0 Å². The van der Waals surface area contributed by atoms with Crippen LogP contribution in [0.4, 0.5) is 0 Å². The molecule has 0 spiro atoms. The number of benzene rings is 1. The highest BCUT2D eigenvalue weighted by atomic mass is 35.7. The molecule has 0 radical (unpaired) electrons. The molecule has 3 nitrogen and oxygen atoms in total. The Balaban J connectivity index is 0.000000292. The van der Waals surface area contributed by atoms with Crippen molar-refractivity contribution in [3.05, 3.63) is 33.3 Å². The van der Waals surface area contributed by atoms with Crippen molar-refractivity contribution in [3.63, 3.8) is 0 Å². The fraction of sp³-hybridized carbons (Fsp3) is 0. The smallest absolute Gasteiger partial charge is 0.273 e. The van der Waals surface area contributed by atoms with E-state index >= 15 is 0 Å². The average Bonchev–Trinajstić information content (AvgIpc) is 1.97. The van der Waals surface area contributed by atoms with Gasteiger partial charge in [0, 0.05) is 10.7 Å². The van der Waals surface area contributed by atoms with Gasteiger partial charge in [0.15, 0.2) is 0 Å². The molecule has 0 aromatic heterocycles. The van der Waals surface area contributed by atoms with Crippen molar-refractivity contribution in [3.8, 4) is 0 Å². The summed E-state index contributed by atoms with van der Waals surface area (Å²) in [5.41, 5.74) is 0. The highest BCUT2D eigenvalue weighted by Crippen LogP contribution is 2.28. The highest BCUT2D eigenvalue weighted by molar-refractivity contribution is 8.09. The Labute approximate surface area is 101 Å². The molecule has 1 N–H and O–H groups in total.